The predicted octanol–water partition coefficient (Wildman–Crippen LogP) is 5.04. The second-order valence-electron chi connectivity index (χ2n) is 9.98. The first-order chi connectivity index (χ1) is 15.0. The van der Waals surface area contributed by atoms with Crippen LogP contribution in [0.4, 0.5) is 0 Å². The molecule has 2 saturated carbocycles. The zero-order valence-electron chi connectivity index (χ0n) is 18.1. The number of nitrogens with one attached hydrogen (secondary N) is 1. The van der Waals surface area contributed by atoms with E-state index in [1.165, 1.54) is 32.1 Å². The molecule has 0 spiro atoms. The van der Waals surface area contributed by atoms with Crippen LogP contribution < -0.4 is 16.0 Å². The minimum Gasteiger partial charge on any atom is -0.489 e. The van der Waals surface area contributed by atoms with Gasteiger partial charge in [-0.25, -0.2) is 0 Å². The summed E-state index contributed by atoms with van der Waals surface area (Å²) < 4.78 is 12.0. The third-order valence-electron chi connectivity index (χ3n) is 7.92. The van der Waals surface area contributed by atoms with Gasteiger partial charge in [-0.1, -0.05) is 11.6 Å². The summed E-state index contributed by atoms with van der Waals surface area (Å²) in [7, 11) is 0. The Morgan fingerprint density at radius 2 is 1.90 bits per heavy atom. The van der Waals surface area contributed by atoms with Crippen molar-refractivity contribution in [3.05, 3.63) is 39.8 Å². The summed E-state index contributed by atoms with van der Waals surface area (Å²) in [6.07, 6.45) is 12.2. The summed E-state index contributed by atoms with van der Waals surface area (Å²) in [5.41, 5.74) is 6.99. The van der Waals surface area contributed by atoms with Gasteiger partial charge in [-0.15, -0.1) is 0 Å². The van der Waals surface area contributed by atoms with Crippen molar-refractivity contribution < 1.29 is 9.47 Å². The summed E-state index contributed by atoms with van der Waals surface area (Å²) in [4.78, 5) is 14.7. The van der Waals surface area contributed by atoms with Gasteiger partial charge >= 0.3 is 0 Å². The number of aromatic amines is 1. The van der Waals surface area contributed by atoms with Crippen LogP contribution in [0, 0.1) is 17.3 Å². The van der Waals surface area contributed by atoms with E-state index in [0.29, 0.717) is 28.1 Å². The molecule has 0 radical (unpaired) electrons. The van der Waals surface area contributed by atoms with Gasteiger partial charge in [-0.2, -0.15) is 0 Å². The lowest BCUT2D eigenvalue weighted by Gasteiger charge is -2.47. The maximum absolute atomic E-state index is 12.0. The average molecular weight is 445 g/mol. The highest BCUT2D eigenvalue weighted by atomic mass is 35.5. The number of aromatic nitrogens is 1. The summed E-state index contributed by atoms with van der Waals surface area (Å²) >= 11 is 6.47. The quantitative estimate of drug-likeness (QED) is 0.654. The van der Waals surface area contributed by atoms with E-state index in [1.54, 1.807) is 12.3 Å². The number of rotatable bonds is 6. The Labute approximate surface area is 188 Å². The third-order valence-corrected chi connectivity index (χ3v) is 8.22. The summed E-state index contributed by atoms with van der Waals surface area (Å²) in [5.74, 6) is 2.13. The standard InChI is InChI=1S/C25H33ClN2O3/c26-21-14-20-18(5-10-28-24(20)29)13-22(21)31-19-3-8-25(9-4-19,23(27)17-1-2-17)15-16-6-11-30-12-7-16/h5,10,13-14,16-17,19,23H,1-4,6-9,11-12,15,27H2,(H,28,29)/t19-,23?,25+. The number of fused-ring (bicyclic) bond motifs is 1. The Kier molecular flexibility index (Phi) is 6.02. The second-order valence-corrected chi connectivity index (χ2v) is 10.4. The van der Waals surface area contributed by atoms with E-state index in [2.05, 4.69) is 4.98 Å². The molecule has 5 rings (SSSR count). The lowest BCUT2D eigenvalue weighted by molar-refractivity contribution is 0.00598. The van der Waals surface area contributed by atoms with Crippen LogP contribution in [0.15, 0.2) is 29.2 Å². The zero-order chi connectivity index (χ0) is 21.4. The van der Waals surface area contributed by atoms with Crippen molar-refractivity contribution in [2.75, 3.05) is 13.2 Å². The Morgan fingerprint density at radius 3 is 2.61 bits per heavy atom. The molecule has 1 unspecified atom stereocenters. The summed E-state index contributed by atoms with van der Waals surface area (Å²) in [5, 5.41) is 1.94. The molecule has 5 nitrogen and oxygen atoms in total. The first kappa shape index (κ1) is 21.3. The molecule has 0 amide bonds. The van der Waals surface area contributed by atoms with Crippen LogP contribution in [0.25, 0.3) is 10.8 Å². The van der Waals surface area contributed by atoms with Gasteiger partial charge in [-0.3, -0.25) is 4.79 Å². The molecule has 1 aliphatic heterocycles. The number of ether oxygens (including phenoxy) is 2. The van der Waals surface area contributed by atoms with Crippen molar-refractivity contribution >= 4 is 22.4 Å². The molecule has 2 aliphatic carbocycles. The lowest BCUT2D eigenvalue weighted by atomic mass is 9.62. The third kappa shape index (κ3) is 4.50. The fourth-order valence-electron chi connectivity index (χ4n) is 5.90. The predicted molar refractivity (Wildman–Crippen MR) is 124 cm³/mol. The van der Waals surface area contributed by atoms with E-state index in [0.717, 1.165) is 50.2 Å². The molecular formula is C25H33ClN2O3. The molecule has 1 aromatic heterocycles. The van der Waals surface area contributed by atoms with Gasteiger partial charge < -0.3 is 20.2 Å². The Balaban J connectivity index is 1.29. The van der Waals surface area contributed by atoms with E-state index in [-0.39, 0.29) is 17.1 Å². The summed E-state index contributed by atoms with van der Waals surface area (Å²) in [6.45, 7) is 1.79. The molecule has 2 aromatic rings. The summed E-state index contributed by atoms with van der Waals surface area (Å²) in [6, 6.07) is 5.81. The maximum atomic E-state index is 12.0. The van der Waals surface area contributed by atoms with E-state index in [1.807, 2.05) is 12.1 Å². The number of pyridine rings is 1. The first-order valence-electron chi connectivity index (χ1n) is 11.8. The molecule has 3 aliphatic rings. The monoisotopic (exact) mass is 444 g/mol. The molecule has 1 atom stereocenters. The van der Waals surface area contributed by atoms with Gasteiger partial charge in [0.1, 0.15) is 5.75 Å². The van der Waals surface area contributed by atoms with Crippen LogP contribution >= 0.6 is 11.6 Å². The zero-order valence-corrected chi connectivity index (χ0v) is 18.8. The molecule has 0 bridgehead atoms. The van der Waals surface area contributed by atoms with Gasteiger partial charge in [0.15, 0.2) is 0 Å². The van der Waals surface area contributed by atoms with E-state index < -0.39 is 0 Å². The molecule has 3 N–H and O–H groups in total. The van der Waals surface area contributed by atoms with Gasteiger partial charge in [0.2, 0.25) is 0 Å². The molecule has 3 fully saturated rings. The van der Waals surface area contributed by atoms with Crippen LogP contribution in [0.2, 0.25) is 5.02 Å². The van der Waals surface area contributed by atoms with Crippen LogP contribution in [0.3, 0.4) is 0 Å². The topological polar surface area (TPSA) is 77.3 Å². The minimum atomic E-state index is -0.129. The minimum absolute atomic E-state index is 0.129. The molecule has 2 heterocycles. The number of H-pyrrole nitrogens is 1. The van der Waals surface area contributed by atoms with Crippen molar-refractivity contribution in [2.24, 2.45) is 23.0 Å². The van der Waals surface area contributed by atoms with Crippen molar-refractivity contribution in [1.29, 1.82) is 0 Å². The number of hydrogen-bond acceptors (Lipinski definition) is 4. The van der Waals surface area contributed by atoms with Gasteiger partial charge in [0.25, 0.3) is 5.56 Å². The Bertz CT molecular complexity index is 972. The van der Waals surface area contributed by atoms with E-state index in [4.69, 9.17) is 26.8 Å². The molecule has 6 heteroatoms. The van der Waals surface area contributed by atoms with Crippen molar-refractivity contribution in [3.63, 3.8) is 0 Å². The van der Waals surface area contributed by atoms with E-state index in [9.17, 15) is 4.79 Å². The van der Waals surface area contributed by atoms with Crippen LogP contribution in [0.5, 0.6) is 5.75 Å². The van der Waals surface area contributed by atoms with E-state index >= 15 is 0 Å². The normalized spacial score (nSPS) is 28.5. The smallest absolute Gasteiger partial charge is 0.255 e. The molecule has 31 heavy (non-hydrogen) atoms. The molecule has 1 aromatic carbocycles. The fraction of sp³-hybridized carbons (Fsp3) is 0.640. The first-order valence-corrected chi connectivity index (χ1v) is 12.2. The number of nitrogens with two attached hydrogens (primary N) is 1. The maximum Gasteiger partial charge on any atom is 0.255 e. The van der Waals surface area contributed by atoms with Crippen LogP contribution in [-0.2, 0) is 4.74 Å². The largest absolute Gasteiger partial charge is 0.489 e. The fourth-order valence-corrected chi connectivity index (χ4v) is 6.11. The average Bonchev–Trinajstić information content (AvgIpc) is 3.62. The van der Waals surface area contributed by atoms with Crippen molar-refractivity contribution in [1.82, 2.24) is 4.98 Å². The number of halogens is 1. The Morgan fingerprint density at radius 1 is 1.16 bits per heavy atom. The van der Waals surface area contributed by atoms with Crippen molar-refractivity contribution in [3.8, 4) is 5.75 Å². The van der Waals surface area contributed by atoms with Crippen LogP contribution in [0.1, 0.15) is 57.8 Å². The lowest BCUT2D eigenvalue weighted by Crippen LogP contribution is -2.48. The number of hydrogen-bond donors (Lipinski definition) is 2. The Hall–Kier alpha value is -1.56. The highest BCUT2D eigenvalue weighted by Gasteiger charge is 2.47. The van der Waals surface area contributed by atoms with Gasteiger partial charge in [0, 0.05) is 30.8 Å². The second kappa shape index (κ2) is 8.76. The number of benzene rings is 1. The van der Waals surface area contributed by atoms with Crippen LogP contribution in [-0.4, -0.2) is 30.3 Å². The highest BCUT2D eigenvalue weighted by molar-refractivity contribution is 6.32. The SMILES string of the molecule is NC(C1CC1)[C@]1(CC2CCOCC2)CC[C@H](Oc2cc3cc[nH]c(=O)c3cc2Cl)CC1. The molecule has 168 valence electrons. The van der Waals surface area contributed by atoms with Gasteiger partial charge in [0.05, 0.1) is 11.1 Å². The highest BCUT2D eigenvalue weighted by Crippen LogP contribution is 2.51. The van der Waals surface area contributed by atoms with Crippen molar-refractivity contribution in [2.45, 2.75) is 69.9 Å². The molecular weight excluding hydrogens is 412 g/mol. The van der Waals surface area contributed by atoms with Gasteiger partial charge in [-0.05, 0) is 98.6 Å². The molecule has 1 saturated heterocycles.